The van der Waals surface area contributed by atoms with Gasteiger partial charge in [-0.1, -0.05) is 15.9 Å². The highest BCUT2D eigenvalue weighted by Gasteiger charge is 2.45. The van der Waals surface area contributed by atoms with Crippen molar-refractivity contribution in [1.29, 1.82) is 0 Å². The van der Waals surface area contributed by atoms with Gasteiger partial charge in [0.2, 0.25) is 0 Å². The molecule has 1 aromatic rings. The summed E-state index contributed by atoms with van der Waals surface area (Å²) in [6, 6.07) is 3.39. The van der Waals surface area contributed by atoms with E-state index in [0.29, 0.717) is 19.6 Å². The van der Waals surface area contributed by atoms with Crippen molar-refractivity contribution < 1.29 is 13.9 Å². The predicted molar refractivity (Wildman–Crippen MR) is 56.0 cm³/mol. The molecule has 0 aromatic heterocycles. The van der Waals surface area contributed by atoms with Crippen molar-refractivity contribution in [2.75, 3.05) is 13.2 Å². The minimum absolute atomic E-state index is 0.171. The Bertz CT molecular complexity index is 413. The number of benzene rings is 1. The molecule has 0 saturated carbocycles. The van der Waals surface area contributed by atoms with Gasteiger partial charge in [0.1, 0.15) is 5.82 Å². The number of halogens is 2. The molecule has 0 atom stereocenters. The number of ether oxygens (including phenoxy) is 2. The van der Waals surface area contributed by atoms with Crippen LogP contribution in [0.2, 0.25) is 0 Å². The van der Waals surface area contributed by atoms with Crippen LogP contribution in [-0.4, -0.2) is 13.2 Å². The van der Waals surface area contributed by atoms with Crippen LogP contribution >= 0.6 is 15.9 Å². The maximum Gasteiger partial charge on any atom is 0.195 e. The molecular formula is C11H10BrFO2. The lowest BCUT2D eigenvalue weighted by Crippen LogP contribution is -2.23. The summed E-state index contributed by atoms with van der Waals surface area (Å²) in [7, 11) is 0. The quantitative estimate of drug-likeness (QED) is 0.723. The van der Waals surface area contributed by atoms with Crippen LogP contribution in [0.1, 0.15) is 17.5 Å². The van der Waals surface area contributed by atoms with E-state index >= 15 is 0 Å². The van der Waals surface area contributed by atoms with Crippen molar-refractivity contribution >= 4 is 15.9 Å². The van der Waals surface area contributed by atoms with Gasteiger partial charge in [-0.2, -0.15) is 0 Å². The maximum atomic E-state index is 13.6. The lowest BCUT2D eigenvalue weighted by Gasteiger charge is -2.22. The zero-order valence-electron chi connectivity index (χ0n) is 8.06. The van der Waals surface area contributed by atoms with Gasteiger partial charge in [0.05, 0.1) is 13.2 Å². The first-order valence-electron chi connectivity index (χ1n) is 4.98. The average molecular weight is 273 g/mol. The third kappa shape index (κ3) is 1.35. The molecule has 1 spiro atoms. The topological polar surface area (TPSA) is 18.5 Å². The number of hydrogen-bond acceptors (Lipinski definition) is 2. The van der Waals surface area contributed by atoms with Gasteiger partial charge >= 0.3 is 0 Å². The highest BCUT2D eigenvalue weighted by atomic mass is 79.9. The van der Waals surface area contributed by atoms with E-state index in [9.17, 15) is 4.39 Å². The van der Waals surface area contributed by atoms with E-state index in [2.05, 4.69) is 15.9 Å². The van der Waals surface area contributed by atoms with Crippen molar-refractivity contribution in [2.24, 2.45) is 0 Å². The Morgan fingerprint density at radius 1 is 1.27 bits per heavy atom. The van der Waals surface area contributed by atoms with Gasteiger partial charge < -0.3 is 9.47 Å². The average Bonchev–Trinajstić information content (AvgIpc) is 2.77. The lowest BCUT2D eigenvalue weighted by molar-refractivity contribution is -0.163. The van der Waals surface area contributed by atoms with E-state index in [4.69, 9.17) is 9.47 Å². The molecule has 1 aromatic carbocycles. The fourth-order valence-electron chi connectivity index (χ4n) is 2.38. The highest BCUT2D eigenvalue weighted by Crippen LogP contribution is 2.45. The largest absolute Gasteiger partial charge is 0.343 e. The first kappa shape index (κ1) is 9.75. The Kier molecular flexibility index (Phi) is 2.13. The van der Waals surface area contributed by atoms with Crippen molar-refractivity contribution in [3.63, 3.8) is 0 Å². The molecule has 1 aliphatic heterocycles. The predicted octanol–water partition coefficient (Wildman–Crippen LogP) is 2.73. The second kappa shape index (κ2) is 3.27. The van der Waals surface area contributed by atoms with E-state index in [0.717, 1.165) is 22.0 Å². The standard InChI is InChI=1S/C11H10BrFO2/c12-7-5-9-8(10(13)6-7)1-2-11(9)14-3-4-15-11/h5-6H,1-4H2. The summed E-state index contributed by atoms with van der Waals surface area (Å²) in [5.41, 5.74) is 1.59. The summed E-state index contributed by atoms with van der Waals surface area (Å²) in [6.07, 6.45) is 1.41. The summed E-state index contributed by atoms with van der Waals surface area (Å²) in [6.45, 7) is 1.18. The SMILES string of the molecule is Fc1cc(Br)cc2c1CCC21OCCO1. The van der Waals surface area contributed by atoms with Gasteiger partial charge in [0.15, 0.2) is 5.79 Å². The van der Waals surface area contributed by atoms with E-state index in [1.165, 1.54) is 6.07 Å². The molecule has 0 radical (unpaired) electrons. The molecule has 4 heteroatoms. The third-order valence-corrected chi connectivity index (χ3v) is 3.49. The summed E-state index contributed by atoms with van der Waals surface area (Å²) in [4.78, 5) is 0. The monoisotopic (exact) mass is 272 g/mol. The Balaban J connectivity index is 2.16. The van der Waals surface area contributed by atoms with Crippen LogP contribution in [-0.2, 0) is 21.7 Å². The fraction of sp³-hybridized carbons (Fsp3) is 0.455. The van der Waals surface area contributed by atoms with Crippen molar-refractivity contribution in [3.8, 4) is 0 Å². The van der Waals surface area contributed by atoms with Gasteiger partial charge in [0, 0.05) is 16.5 Å². The van der Waals surface area contributed by atoms with Crippen LogP contribution in [0.4, 0.5) is 4.39 Å². The smallest absolute Gasteiger partial charge is 0.195 e. The second-order valence-electron chi connectivity index (χ2n) is 3.86. The molecule has 0 bridgehead atoms. The van der Waals surface area contributed by atoms with Crippen LogP contribution in [0.5, 0.6) is 0 Å². The van der Waals surface area contributed by atoms with Crippen LogP contribution in [0, 0.1) is 5.82 Å². The Hall–Kier alpha value is -0.450. The van der Waals surface area contributed by atoms with E-state index in [1.807, 2.05) is 6.07 Å². The molecule has 3 rings (SSSR count). The van der Waals surface area contributed by atoms with Gasteiger partial charge in [-0.05, 0) is 24.1 Å². The van der Waals surface area contributed by atoms with Crippen molar-refractivity contribution in [3.05, 3.63) is 33.5 Å². The second-order valence-corrected chi connectivity index (χ2v) is 4.78. The summed E-state index contributed by atoms with van der Waals surface area (Å²) < 4.78 is 25.6. The van der Waals surface area contributed by atoms with E-state index in [1.54, 1.807) is 0 Å². The number of fused-ring (bicyclic) bond motifs is 2. The molecule has 1 heterocycles. The molecule has 2 nitrogen and oxygen atoms in total. The minimum Gasteiger partial charge on any atom is -0.343 e. The van der Waals surface area contributed by atoms with Gasteiger partial charge in [0.25, 0.3) is 0 Å². The van der Waals surface area contributed by atoms with E-state index in [-0.39, 0.29) is 5.82 Å². The highest BCUT2D eigenvalue weighted by molar-refractivity contribution is 9.10. The van der Waals surface area contributed by atoms with Gasteiger partial charge in [-0.15, -0.1) is 0 Å². The molecular weight excluding hydrogens is 263 g/mol. The zero-order valence-corrected chi connectivity index (χ0v) is 9.64. The van der Waals surface area contributed by atoms with Crippen LogP contribution in [0.3, 0.4) is 0 Å². The zero-order chi connectivity index (χ0) is 10.5. The Morgan fingerprint density at radius 2 is 2.00 bits per heavy atom. The summed E-state index contributed by atoms with van der Waals surface area (Å²) >= 11 is 3.30. The molecule has 0 amide bonds. The summed E-state index contributed by atoms with van der Waals surface area (Å²) in [5, 5.41) is 0. The molecule has 0 unspecified atom stereocenters. The van der Waals surface area contributed by atoms with Gasteiger partial charge in [-0.25, -0.2) is 4.39 Å². The summed E-state index contributed by atoms with van der Waals surface area (Å²) in [5.74, 6) is -0.838. The molecule has 1 fully saturated rings. The first-order valence-corrected chi connectivity index (χ1v) is 5.77. The number of rotatable bonds is 0. The third-order valence-electron chi connectivity index (χ3n) is 3.03. The van der Waals surface area contributed by atoms with Crippen molar-refractivity contribution in [2.45, 2.75) is 18.6 Å². The number of hydrogen-bond donors (Lipinski definition) is 0. The fourth-order valence-corrected chi connectivity index (χ4v) is 2.81. The normalized spacial score (nSPS) is 22.3. The first-order chi connectivity index (χ1) is 7.21. The van der Waals surface area contributed by atoms with Crippen LogP contribution < -0.4 is 0 Å². The van der Waals surface area contributed by atoms with E-state index < -0.39 is 5.79 Å². The molecule has 1 saturated heterocycles. The molecule has 80 valence electrons. The molecule has 15 heavy (non-hydrogen) atoms. The van der Waals surface area contributed by atoms with Crippen LogP contribution in [0.15, 0.2) is 16.6 Å². The molecule has 2 aliphatic rings. The van der Waals surface area contributed by atoms with Gasteiger partial charge in [-0.3, -0.25) is 0 Å². The van der Waals surface area contributed by atoms with Crippen molar-refractivity contribution in [1.82, 2.24) is 0 Å². The molecule has 1 aliphatic carbocycles. The van der Waals surface area contributed by atoms with Crippen LogP contribution in [0.25, 0.3) is 0 Å². The lowest BCUT2D eigenvalue weighted by atomic mass is 10.1. The Labute approximate surface area is 95.5 Å². The minimum atomic E-state index is -0.667. The molecule has 0 N–H and O–H groups in total. The maximum absolute atomic E-state index is 13.6. The Morgan fingerprint density at radius 3 is 2.73 bits per heavy atom.